The van der Waals surface area contributed by atoms with Gasteiger partial charge in [0, 0.05) is 44.5 Å². The van der Waals surface area contributed by atoms with Crippen molar-refractivity contribution in [2.75, 3.05) is 37.4 Å². The van der Waals surface area contributed by atoms with Crippen molar-refractivity contribution in [1.29, 1.82) is 0 Å². The number of carbonyl (C=O) groups is 1. The van der Waals surface area contributed by atoms with E-state index in [9.17, 15) is 4.79 Å². The van der Waals surface area contributed by atoms with Crippen LogP contribution in [0.5, 0.6) is 0 Å². The van der Waals surface area contributed by atoms with E-state index in [2.05, 4.69) is 25.2 Å². The summed E-state index contributed by atoms with van der Waals surface area (Å²) in [6, 6.07) is 0. The minimum atomic E-state index is -0.0361. The van der Waals surface area contributed by atoms with Gasteiger partial charge in [-0.1, -0.05) is 0 Å². The van der Waals surface area contributed by atoms with E-state index in [1.165, 1.54) is 11.3 Å². The molecule has 2 aromatic rings. The summed E-state index contributed by atoms with van der Waals surface area (Å²) in [4.78, 5) is 29.3. The molecule has 3 rings (SSSR count). The van der Waals surface area contributed by atoms with Crippen LogP contribution < -0.4 is 10.2 Å². The minimum Gasteiger partial charge on any atom is -0.362 e. The van der Waals surface area contributed by atoms with Crippen molar-refractivity contribution in [1.82, 2.24) is 19.9 Å². The third kappa shape index (κ3) is 3.65. The Morgan fingerprint density at radius 3 is 2.96 bits per heavy atom. The van der Waals surface area contributed by atoms with Crippen molar-refractivity contribution in [3.8, 4) is 0 Å². The summed E-state index contributed by atoms with van der Waals surface area (Å²) in [6.07, 6.45) is 2.45. The molecule has 1 aliphatic rings. The lowest BCUT2D eigenvalue weighted by Gasteiger charge is -2.29. The maximum atomic E-state index is 12.2. The van der Waals surface area contributed by atoms with E-state index in [4.69, 9.17) is 0 Å². The summed E-state index contributed by atoms with van der Waals surface area (Å²) in [5.41, 5.74) is 3.11. The van der Waals surface area contributed by atoms with Crippen molar-refractivity contribution < 1.29 is 4.79 Å². The van der Waals surface area contributed by atoms with Gasteiger partial charge in [0.15, 0.2) is 5.13 Å². The predicted molar refractivity (Wildman–Crippen MR) is 90.8 cm³/mol. The number of aryl methyl sites for hydroxylation is 1. The summed E-state index contributed by atoms with van der Waals surface area (Å²) in [6.45, 7) is 3.77. The van der Waals surface area contributed by atoms with Gasteiger partial charge < -0.3 is 10.2 Å². The van der Waals surface area contributed by atoms with Gasteiger partial charge in [-0.2, -0.15) is 0 Å². The molecule has 23 heavy (non-hydrogen) atoms. The minimum absolute atomic E-state index is 0.0361. The highest BCUT2D eigenvalue weighted by Gasteiger charge is 2.23. The molecule has 0 saturated carbocycles. The summed E-state index contributed by atoms with van der Waals surface area (Å²) in [7, 11) is 3.94. The maximum absolute atomic E-state index is 12.2. The first-order valence-electron chi connectivity index (χ1n) is 7.47. The number of nitrogens with zero attached hydrogens (tertiary/aromatic N) is 5. The van der Waals surface area contributed by atoms with E-state index in [0.29, 0.717) is 18.2 Å². The molecule has 122 valence electrons. The van der Waals surface area contributed by atoms with Crippen molar-refractivity contribution in [2.45, 2.75) is 19.9 Å². The fourth-order valence-corrected chi connectivity index (χ4v) is 3.38. The quantitative estimate of drug-likeness (QED) is 0.910. The number of rotatable bonds is 4. The lowest BCUT2D eigenvalue weighted by atomic mass is 10.1. The molecule has 1 N–H and O–H groups in total. The Balaban J connectivity index is 1.66. The highest BCUT2D eigenvalue weighted by Crippen LogP contribution is 2.24. The van der Waals surface area contributed by atoms with Crippen molar-refractivity contribution in [3.05, 3.63) is 28.7 Å². The van der Waals surface area contributed by atoms with Crippen LogP contribution in [0.3, 0.4) is 0 Å². The Morgan fingerprint density at radius 1 is 1.43 bits per heavy atom. The number of hydrogen-bond acceptors (Lipinski definition) is 7. The number of fused-ring (bicyclic) bond motifs is 1. The Hall–Kier alpha value is -2.06. The summed E-state index contributed by atoms with van der Waals surface area (Å²) in [5, 5.41) is 5.44. The smallest absolute Gasteiger partial charge is 0.240 e. The first-order chi connectivity index (χ1) is 11.0. The molecular weight excluding hydrogens is 312 g/mol. The van der Waals surface area contributed by atoms with Crippen LogP contribution in [0.15, 0.2) is 11.7 Å². The number of anilines is 2. The van der Waals surface area contributed by atoms with Crippen molar-refractivity contribution in [2.24, 2.45) is 0 Å². The number of nitrogens with one attached hydrogen (secondary N) is 1. The van der Waals surface area contributed by atoms with Gasteiger partial charge in [0.1, 0.15) is 12.1 Å². The van der Waals surface area contributed by atoms with Gasteiger partial charge in [-0.3, -0.25) is 9.69 Å². The Bertz CT molecular complexity index is 714. The summed E-state index contributed by atoms with van der Waals surface area (Å²) in [5.74, 6) is 0.890. The van der Waals surface area contributed by atoms with E-state index >= 15 is 0 Å². The molecule has 0 aromatic carbocycles. The SMILES string of the molecule is Cc1csc(NC(=O)CN2CCc3ncnc(N(C)C)c3C2)n1. The van der Waals surface area contributed by atoms with Crippen LogP contribution in [-0.4, -0.2) is 52.9 Å². The monoisotopic (exact) mass is 332 g/mol. The second kappa shape index (κ2) is 6.59. The molecule has 0 saturated heterocycles. The molecule has 8 heteroatoms. The molecule has 0 spiro atoms. The van der Waals surface area contributed by atoms with Gasteiger partial charge in [0.2, 0.25) is 5.91 Å². The molecule has 2 aromatic heterocycles. The van der Waals surface area contributed by atoms with E-state index < -0.39 is 0 Å². The first-order valence-corrected chi connectivity index (χ1v) is 8.35. The van der Waals surface area contributed by atoms with Gasteiger partial charge in [0.05, 0.1) is 17.9 Å². The second-order valence-corrected chi connectivity index (χ2v) is 6.68. The first kappa shape index (κ1) is 15.8. The predicted octanol–water partition coefficient (Wildman–Crippen LogP) is 1.30. The summed E-state index contributed by atoms with van der Waals surface area (Å²) < 4.78 is 0. The number of thiazole rings is 1. The maximum Gasteiger partial charge on any atom is 0.240 e. The molecular formula is C15H20N6OS. The highest BCUT2D eigenvalue weighted by molar-refractivity contribution is 7.13. The van der Waals surface area contributed by atoms with Gasteiger partial charge in [0.25, 0.3) is 0 Å². The average molecular weight is 332 g/mol. The van der Waals surface area contributed by atoms with Crippen molar-refractivity contribution >= 4 is 28.2 Å². The molecule has 0 aliphatic carbocycles. The average Bonchev–Trinajstić information content (AvgIpc) is 2.91. The van der Waals surface area contributed by atoms with Crippen LogP contribution in [0.4, 0.5) is 10.9 Å². The molecule has 0 unspecified atom stereocenters. The highest BCUT2D eigenvalue weighted by atomic mass is 32.1. The summed E-state index contributed by atoms with van der Waals surface area (Å²) >= 11 is 1.45. The van der Waals surface area contributed by atoms with E-state index in [-0.39, 0.29) is 5.91 Å². The van der Waals surface area contributed by atoms with E-state index in [0.717, 1.165) is 35.7 Å². The Kier molecular flexibility index (Phi) is 4.53. The van der Waals surface area contributed by atoms with Crippen LogP contribution in [0, 0.1) is 6.92 Å². The van der Waals surface area contributed by atoms with Crippen LogP contribution >= 0.6 is 11.3 Å². The molecule has 7 nitrogen and oxygen atoms in total. The lowest BCUT2D eigenvalue weighted by molar-refractivity contribution is -0.117. The molecule has 1 amide bonds. The van der Waals surface area contributed by atoms with Gasteiger partial charge >= 0.3 is 0 Å². The van der Waals surface area contributed by atoms with Gasteiger partial charge in [-0.15, -0.1) is 11.3 Å². The van der Waals surface area contributed by atoms with Crippen LogP contribution in [0.1, 0.15) is 17.0 Å². The molecule has 3 heterocycles. The Labute approximate surface area is 139 Å². The fraction of sp³-hybridized carbons (Fsp3) is 0.467. The van der Waals surface area contributed by atoms with Crippen LogP contribution in [0.2, 0.25) is 0 Å². The third-order valence-corrected chi connectivity index (χ3v) is 4.59. The van der Waals surface area contributed by atoms with E-state index in [1.807, 2.05) is 31.3 Å². The molecule has 0 radical (unpaired) electrons. The number of amides is 1. The van der Waals surface area contributed by atoms with Crippen molar-refractivity contribution in [3.63, 3.8) is 0 Å². The largest absolute Gasteiger partial charge is 0.362 e. The van der Waals surface area contributed by atoms with Crippen LogP contribution in [0.25, 0.3) is 0 Å². The molecule has 1 aliphatic heterocycles. The van der Waals surface area contributed by atoms with Crippen LogP contribution in [-0.2, 0) is 17.8 Å². The Morgan fingerprint density at radius 2 is 2.26 bits per heavy atom. The fourth-order valence-electron chi connectivity index (χ4n) is 2.68. The van der Waals surface area contributed by atoms with E-state index in [1.54, 1.807) is 6.33 Å². The lowest BCUT2D eigenvalue weighted by Crippen LogP contribution is -2.38. The normalized spacial score (nSPS) is 14.4. The zero-order chi connectivity index (χ0) is 16.4. The second-order valence-electron chi connectivity index (χ2n) is 5.82. The topological polar surface area (TPSA) is 74.2 Å². The number of hydrogen-bond donors (Lipinski definition) is 1. The molecule has 0 atom stereocenters. The standard InChI is InChI=1S/C15H20N6OS/c1-10-8-23-15(18-10)19-13(22)7-21-5-4-12-11(6-21)14(20(2)3)17-9-16-12/h8-9H,4-7H2,1-3H3,(H,18,19,22). The third-order valence-electron chi connectivity index (χ3n) is 3.71. The van der Waals surface area contributed by atoms with Gasteiger partial charge in [-0.05, 0) is 6.92 Å². The van der Waals surface area contributed by atoms with Gasteiger partial charge in [-0.25, -0.2) is 15.0 Å². The zero-order valence-electron chi connectivity index (χ0n) is 13.5. The number of carbonyl (C=O) groups excluding carboxylic acids is 1. The molecule has 0 fully saturated rings. The molecule has 0 bridgehead atoms. The number of aromatic nitrogens is 3. The zero-order valence-corrected chi connectivity index (χ0v) is 14.4.